The highest BCUT2D eigenvalue weighted by atomic mass is 16.2. The first-order valence-corrected chi connectivity index (χ1v) is 9.36. The molecule has 8 heteroatoms. The number of likely N-dealkylation sites (N-methyl/N-ethyl adjacent to an activating group) is 1. The zero-order chi connectivity index (χ0) is 20.3. The maximum atomic E-state index is 12.9. The van der Waals surface area contributed by atoms with E-state index >= 15 is 0 Å². The SMILES string of the molecule is CNC(=O)[C@@H](NC(=O)c1nc(C(=O)c2ccccc2)n2c1CNCC2)C(C)C. The number of nitrogens with zero attached hydrogens (tertiary/aromatic N) is 2. The molecular weight excluding hydrogens is 358 g/mol. The molecule has 0 radical (unpaired) electrons. The summed E-state index contributed by atoms with van der Waals surface area (Å²) >= 11 is 0. The van der Waals surface area contributed by atoms with Gasteiger partial charge in [0.15, 0.2) is 11.5 Å². The Balaban J connectivity index is 1.96. The van der Waals surface area contributed by atoms with E-state index < -0.39 is 11.9 Å². The van der Waals surface area contributed by atoms with Gasteiger partial charge in [-0.3, -0.25) is 14.4 Å². The summed E-state index contributed by atoms with van der Waals surface area (Å²) in [6.07, 6.45) is 0. The molecule has 3 rings (SSSR count). The second-order valence-electron chi connectivity index (χ2n) is 7.06. The number of aromatic nitrogens is 2. The van der Waals surface area contributed by atoms with Crippen LogP contribution in [0.25, 0.3) is 0 Å². The van der Waals surface area contributed by atoms with Crippen LogP contribution in [0.3, 0.4) is 0 Å². The fourth-order valence-electron chi connectivity index (χ4n) is 3.28. The minimum absolute atomic E-state index is 0.0918. The fourth-order valence-corrected chi connectivity index (χ4v) is 3.28. The molecule has 3 N–H and O–H groups in total. The molecule has 1 aliphatic rings. The van der Waals surface area contributed by atoms with E-state index in [0.717, 1.165) is 0 Å². The Labute approximate surface area is 163 Å². The van der Waals surface area contributed by atoms with Gasteiger partial charge in [-0.2, -0.15) is 0 Å². The number of amides is 2. The molecule has 2 aromatic rings. The summed E-state index contributed by atoms with van der Waals surface area (Å²) in [5.41, 5.74) is 1.36. The lowest BCUT2D eigenvalue weighted by atomic mass is 10.0. The third-order valence-electron chi connectivity index (χ3n) is 4.81. The van der Waals surface area contributed by atoms with E-state index in [9.17, 15) is 14.4 Å². The minimum atomic E-state index is -0.681. The maximum absolute atomic E-state index is 12.9. The Bertz CT molecular complexity index is 889. The molecule has 148 valence electrons. The highest BCUT2D eigenvalue weighted by Gasteiger charge is 2.30. The Morgan fingerprint density at radius 1 is 1.18 bits per heavy atom. The Morgan fingerprint density at radius 3 is 2.54 bits per heavy atom. The lowest BCUT2D eigenvalue weighted by molar-refractivity contribution is -0.123. The summed E-state index contributed by atoms with van der Waals surface area (Å²) in [6.45, 7) is 5.38. The number of benzene rings is 1. The molecule has 2 heterocycles. The van der Waals surface area contributed by atoms with E-state index in [1.54, 1.807) is 28.8 Å². The van der Waals surface area contributed by atoms with Gasteiger partial charge in [-0.1, -0.05) is 44.2 Å². The number of ketones is 1. The molecule has 2 amide bonds. The third kappa shape index (κ3) is 3.82. The summed E-state index contributed by atoms with van der Waals surface area (Å²) in [5.74, 6) is -0.800. The fraction of sp³-hybridized carbons (Fsp3) is 0.400. The topological polar surface area (TPSA) is 105 Å². The van der Waals surface area contributed by atoms with Crippen molar-refractivity contribution in [2.45, 2.75) is 33.0 Å². The monoisotopic (exact) mass is 383 g/mol. The van der Waals surface area contributed by atoms with E-state index in [-0.39, 0.29) is 29.1 Å². The number of carbonyl (C=O) groups excluding carboxylic acids is 3. The van der Waals surface area contributed by atoms with E-state index in [1.807, 2.05) is 19.9 Å². The summed E-state index contributed by atoms with van der Waals surface area (Å²) in [5, 5.41) is 8.53. The number of imidazole rings is 1. The third-order valence-corrected chi connectivity index (χ3v) is 4.81. The van der Waals surface area contributed by atoms with Crippen molar-refractivity contribution in [2.24, 2.45) is 5.92 Å². The van der Waals surface area contributed by atoms with Crippen molar-refractivity contribution in [2.75, 3.05) is 13.6 Å². The average molecular weight is 383 g/mol. The van der Waals surface area contributed by atoms with E-state index in [4.69, 9.17) is 0 Å². The molecule has 1 aromatic heterocycles. The second-order valence-corrected chi connectivity index (χ2v) is 7.06. The normalized spacial score (nSPS) is 14.3. The molecule has 0 bridgehead atoms. The molecule has 0 unspecified atom stereocenters. The van der Waals surface area contributed by atoms with Crippen LogP contribution in [0.4, 0.5) is 0 Å². The molecule has 8 nitrogen and oxygen atoms in total. The smallest absolute Gasteiger partial charge is 0.272 e. The number of carbonyl (C=O) groups is 3. The second kappa shape index (κ2) is 8.35. The Morgan fingerprint density at radius 2 is 1.89 bits per heavy atom. The standard InChI is InChI=1S/C20H25N5O3/c1-12(2)15(19(27)21-3)24-20(28)16-14-11-22-9-10-25(14)18(23-16)17(26)13-7-5-4-6-8-13/h4-8,12,15,22H,9-11H2,1-3H3,(H,21,27)(H,24,28)/t15-/m0/s1. The molecule has 28 heavy (non-hydrogen) atoms. The van der Waals surface area contributed by atoms with Crippen molar-refractivity contribution in [3.63, 3.8) is 0 Å². The summed E-state index contributed by atoms with van der Waals surface area (Å²) in [6, 6.07) is 8.19. The minimum Gasteiger partial charge on any atom is -0.357 e. The van der Waals surface area contributed by atoms with Gasteiger partial charge in [0, 0.05) is 32.2 Å². The van der Waals surface area contributed by atoms with E-state index in [0.29, 0.717) is 30.9 Å². The van der Waals surface area contributed by atoms with Gasteiger partial charge in [0.1, 0.15) is 6.04 Å². The van der Waals surface area contributed by atoms with Crippen LogP contribution in [-0.4, -0.2) is 46.8 Å². The zero-order valence-corrected chi connectivity index (χ0v) is 16.3. The van der Waals surface area contributed by atoms with Crippen LogP contribution in [0, 0.1) is 5.92 Å². The lowest BCUT2D eigenvalue weighted by Gasteiger charge is -2.21. The van der Waals surface area contributed by atoms with Crippen LogP contribution in [0.1, 0.15) is 46.2 Å². The van der Waals surface area contributed by atoms with Gasteiger partial charge in [-0.25, -0.2) is 4.98 Å². The predicted molar refractivity (Wildman–Crippen MR) is 104 cm³/mol. The van der Waals surface area contributed by atoms with Crippen LogP contribution in [0.2, 0.25) is 0 Å². The van der Waals surface area contributed by atoms with E-state index in [1.165, 1.54) is 7.05 Å². The van der Waals surface area contributed by atoms with Crippen LogP contribution in [0.15, 0.2) is 30.3 Å². The Kier molecular flexibility index (Phi) is 5.89. The van der Waals surface area contributed by atoms with Crippen molar-refractivity contribution in [3.05, 3.63) is 53.1 Å². The summed E-state index contributed by atoms with van der Waals surface area (Å²) in [4.78, 5) is 42.3. The summed E-state index contributed by atoms with van der Waals surface area (Å²) in [7, 11) is 1.53. The van der Waals surface area contributed by atoms with Crippen LogP contribution in [0.5, 0.6) is 0 Å². The summed E-state index contributed by atoms with van der Waals surface area (Å²) < 4.78 is 1.80. The molecule has 1 atom stereocenters. The number of nitrogens with one attached hydrogen (secondary N) is 3. The molecule has 1 aromatic carbocycles. The van der Waals surface area contributed by atoms with Gasteiger partial charge in [0.25, 0.3) is 5.91 Å². The van der Waals surface area contributed by atoms with Gasteiger partial charge < -0.3 is 20.5 Å². The van der Waals surface area contributed by atoms with Gasteiger partial charge in [0.05, 0.1) is 5.69 Å². The van der Waals surface area contributed by atoms with Crippen molar-refractivity contribution in [3.8, 4) is 0 Å². The van der Waals surface area contributed by atoms with Gasteiger partial charge in [-0.15, -0.1) is 0 Å². The number of fused-ring (bicyclic) bond motifs is 1. The molecule has 0 spiro atoms. The van der Waals surface area contributed by atoms with Crippen molar-refractivity contribution < 1.29 is 14.4 Å². The largest absolute Gasteiger partial charge is 0.357 e. The van der Waals surface area contributed by atoms with Crippen LogP contribution < -0.4 is 16.0 Å². The zero-order valence-electron chi connectivity index (χ0n) is 16.3. The van der Waals surface area contributed by atoms with Gasteiger partial charge in [0.2, 0.25) is 11.7 Å². The predicted octanol–water partition coefficient (Wildman–Crippen LogP) is 0.718. The number of hydrogen-bond donors (Lipinski definition) is 3. The van der Waals surface area contributed by atoms with E-state index in [2.05, 4.69) is 20.9 Å². The van der Waals surface area contributed by atoms with Gasteiger partial charge >= 0.3 is 0 Å². The number of rotatable bonds is 6. The molecule has 0 saturated carbocycles. The molecule has 1 aliphatic heterocycles. The molecular formula is C20H25N5O3. The first-order valence-electron chi connectivity index (χ1n) is 9.36. The average Bonchev–Trinajstić information content (AvgIpc) is 3.11. The maximum Gasteiger partial charge on any atom is 0.272 e. The number of hydrogen-bond acceptors (Lipinski definition) is 5. The Hall–Kier alpha value is -3.00. The van der Waals surface area contributed by atoms with Gasteiger partial charge in [-0.05, 0) is 5.92 Å². The van der Waals surface area contributed by atoms with Crippen LogP contribution in [-0.2, 0) is 17.9 Å². The first kappa shape index (κ1) is 19.8. The highest BCUT2D eigenvalue weighted by molar-refractivity contribution is 6.08. The van der Waals surface area contributed by atoms with Crippen LogP contribution >= 0.6 is 0 Å². The molecule has 0 aliphatic carbocycles. The first-order chi connectivity index (χ1) is 13.4. The van der Waals surface area contributed by atoms with Crippen molar-refractivity contribution in [1.82, 2.24) is 25.5 Å². The molecule has 0 saturated heterocycles. The quantitative estimate of drug-likeness (QED) is 0.638. The molecule has 0 fully saturated rings. The van der Waals surface area contributed by atoms with Crippen molar-refractivity contribution >= 4 is 17.6 Å². The highest BCUT2D eigenvalue weighted by Crippen LogP contribution is 2.19. The lowest BCUT2D eigenvalue weighted by Crippen LogP contribution is -2.49. The van der Waals surface area contributed by atoms with Crippen molar-refractivity contribution in [1.29, 1.82) is 0 Å².